The molecule has 1 aromatic rings. The van der Waals surface area contributed by atoms with Crippen molar-refractivity contribution >= 4 is 23.4 Å². The summed E-state index contributed by atoms with van der Waals surface area (Å²) in [5.74, 6) is -0.896. The molecular weight excluding hydrogens is 295 g/mol. The number of nitrogens with one attached hydrogen (secondary N) is 1. The summed E-state index contributed by atoms with van der Waals surface area (Å²) < 4.78 is 13.5. The van der Waals surface area contributed by atoms with E-state index in [9.17, 15) is 14.0 Å². The van der Waals surface area contributed by atoms with E-state index in [0.29, 0.717) is 5.56 Å². The van der Waals surface area contributed by atoms with Crippen molar-refractivity contribution in [2.75, 3.05) is 0 Å². The predicted octanol–water partition coefficient (Wildman–Crippen LogP) is 2.49. The maximum Gasteiger partial charge on any atom is 0.248 e. The molecule has 6 heteroatoms. The molecule has 1 fully saturated rings. The molecule has 1 unspecified atom stereocenters. The molecule has 1 atom stereocenters. The lowest BCUT2D eigenvalue weighted by Gasteiger charge is -2.32. The summed E-state index contributed by atoms with van der Waals surface area (Å²) in [6, 6.07) is 4.23. The number of benzene rings is 1. The van der Waals surface area contributed by atoms with Gasteiger partial charge in [-0.25, -0.2) is 4.39 Å². The van der Waals surface area contributed by atoms with Crippen molar-refractivity contribution in [1.82, 2.24) is 10.2 Å². The van der Waals surface area contributed by atoms with Gasteiger partial charge >= 0.3 is 0 Å². The fourth-order valence-electron chi connectivity index (χ4n) is 2.47. The maximum absolute atomic E-state index is 13.5. The Hall–Kier alpha value is -1.62. The maximum atomic E-state index is 13.5. The van der Waals surface area contributed by atoms with Crippen LogP contribution in [0.15, 0.2) is 18.2 Å². The Bertz CT molecular complexity index is 589. The van der Waals surface area contributed by atoms with E-state index < -0.39 is 11.4 Å². The molecule has 0 spiro atoms. The minimum absolute atomic E-state index is 0.0128. The van der Waals surface area contributed by atoms with E-state index >= 15 is 0 Å². The standard InChI is InChI=1S/C15H18ClFN2O2/c1-9-7-12(20)18-15(2,3)14(21)19(9)8-10-5-4-6-11(17)13(10)16/h4-6,9H,7-8H2,1-3H3,(H,18,20). The summed E-state index contributed by atoms with van der Waals surface area (Å²) in [6.07, 6.45) is 0.210. The largest absolute Gasteiger partial charge is 0.342 e. The quantitative estimate of drug-likeness (QED) is 0.912. The van der Waals surface area contributed by atoms with Gasteiger partial charge in [0, 0.05) is 19.0 Å². The van der Waals surface area contributed by atoms with E-state index in [1.165, 1.54) is 6.07 Å². The second-order valence-corrected chi connectivity index (χ2v) is 6.25. The highest BCUT2D eigenvalue weighted by atomic mass is 35.5. The highest BCUT2D eigenvalue weighted by Crippen LogP contribution is 2.25. The summed E-state index contributed by atoms with van der Waals surface area (Å²) in [5.41, 5.74) is -0.455. The molecule has 0 radical (unpaired) electrons. The normalized spacial score (nSPS) is 22.0. The van der Waals surface area contributed by atoms with Gasteiger partial charge in [-0.1, -0.05) is 23.7 Å². The fraction of sp³-hybridized carbons (Fsp3) is 0.467. The van der Waals surface area contributed by atoms with Crippen LogP contribution in [0.2, 0.25) is 5.02 Å². The minimum Gasteiger partial charge on any atom is -0.342 e. The Morgan fingerprint density at radius 1 is 1.43 bits per heavy atom. The van der Waals surface area contributed by atoms with Crippen LogP contribution in [-0.2, 0) is 16.1 Å². The topological polar surface area (TPSA) is 49.4 Å². The first-order chi connectivity index (χ1) is 9.72. The van der Waals surface area contributed by atoms with Gasteiger partial charge in [-0.15, -0.1) is 0 Å². The first-order valence-electron chi connectivity index (χ1n) is 6.77. The summed E-state index contributed by atoms with van der Waals surface area (Å²) in [7, 11) is 0. The van der Waals surface area contributed by atoms with Gasteiger partial charge in [0.15, 0.2) is 0 Å². The van der Waals surface area contributed by atoms with Crippen LogP contribution in [0.3, 0.4) is 0 Å². The van der Waals surface area contributed by atoms with E-state index in [-0.39, 0.29) is 35.8 Å². The number of hydrogen-bond donors (Lipinski definition) is 1. The minimum atomic E-state index is -0.984. The number of nitrogens with zero attached hydrogens (tertiary/aromatic N) is 1. The molecule has 2 rings (SSSR count). The fourth-order valence-corrected chi connectivity index (χ4v) is 2.66. The third-order valence-electron chi connectivity index (χ3n) is 3.63. The summed E-state index contributed by atoms with van der Waals surface area (Å²) in [5, 5.41) is 2.72. The Kier molecular flexibility index (Phi) is 4.23. The lowest BCUT2D eigenvalue weighted by molar-refractivity contribution is -0.139. The Labute approximate surface area is 128 Å². The second-order valence-electron chi connectivity index (χ2n) is 5.87. The second kappa shape index (κ2) is 5.64. The van der Waals surface area contributed by atoms with Gasteiger partial charge in [0.1, 0.15) is 11.4 Å². The SMILES string of the molecule is CC1CC(=O)NC(C)(C)C(=O)N1Cc1cccc(F)c1Cl. The van der Waals surface area contributed by atoms with Gasteiger partial charge in [0.05, 0.1) is 5.02 Å². The van der Waals surface area contributed by atoms with Crippen molar-refractivity contribution in [3.8, 4) is 0 Å². The van der Waals surface area contributed by atoms with Gasteiger partial charge in [-0.2, -0.15) is 0 Å². The molecule has 1 heterocycles. The van der Waals surface area contributed by atoms with E-state index in [1.54, 1.807) is 37.8 Å². The van der Waals surface area contributed by atoms with Gasteiger partial charge in [0.25, 0.3) is 0 Å². The third kappa shape index (κ3) is 3.18. The smallest absolute Gasteiger partial charge is 0.248 e. The highest BCUT2D eigenvalue weighted by Gasteiger charge is 2.39. The van der Waals surface area contributed by atoms with E-state index in [4.69, 9.17) is 11.6 Å². The van der Waals surface area contributed by atoms with Crippen LogP contribution in [0, 0.1) is 5.82 Å². The zero-order valence-corrected chi connectivity index (χ0v) is 13.0. The van der Waals surface area contributed by atoms with Crippen molar-refractivity contribution in [3.63, 3.8) is 0 Å². The number of carbonyl (C=O) groups excluding carboxylic acids is 2. The molecule has 0 bridgehead atoms. The molecular formula is C15H18ClFN2O2. The molecule has 1 aliphatic heterocycles. The molecule has 114 valence electrons. The molecule has 0 aromatic heterocycles. The van der Waals surface area contributed by atoms with Crippen LogP contribution in [0.5, 0.6) is 0 Å². The molecule has 1 aliphatic rings. The van der Waals surface area contributed by atoms with Gasteiger partial charge < -0.3 is 10.2 Å². The molecule has 1 N–H and O–H groups in total. The average molecular weight is 313 g/mol. The van der Waals surface area contributed by atoms with Crippen LogP contribution in [0.25, 0.3) is 0 Å². The lowest BCUT2D eigenvalue weighted by atomic mass is 10.0. The molecule has 0 aliphatic carbocycles. The van der Waals surface area contributed by atoms with Crippen molar-refractivity contribution in [2.45, 2.75) is 45.3 Å². The van der Waals surface area contributed by atoms with Crippen LogP contribution >= 0.6 is 11.6 Å². The Morgan fingerprint density at radius 2 is 2.10 bits per heavy atom. The van der Waals surface area contributed by atoms with Gasteiger partial charge in [-0.3, -0.25) is 9.59 Å². The zero-order chi connectivity index (χ0) is 15.8. The van der Waals surface area contributed by atoms with Gasteiger partial charge in [-0.05, 0) is 32.4 Å². The van der Waals surface area contributed by atoms with Crippen molar-refractivity contribution in [2.24, 2.45) is 0 Å². The third-order valence-corrected chi connectivity index (χ3v) is 4.06. The Balaban J connectivity index is 2.34. The molecule has 4 nitrogen and oxygen atoms in total. The molecule has 1 aromatic carbocycles. The van der Waals surface area contributed by atoms with Crippen molar-refractivity contribution in [3.05, 3.63) is 34.6 Å². The molecule has 0 saturated carbocycles. The monoisotopic (exact) mass is 312 g/mol. The first-order valence-corrected chi connectivity index (χ1v) is 7.15. The average Bonchev–Trinajstić information content (AvgIpc) is 2.44. The molecule has 1 saturated heterocycles. The predicted molar refractivity (Wildman–Crippen MR) is 78.3 cm³/mol. The highest BCUT2D eigenvalue weighted by molar-refractivity contribution is 6.31. The number of halogens is 2. The van der Waals surface area contributed by atoms with E-state index in [0.717, 1.165) is 0 Å². The number of rotatable bonds is 2. The van der Waals surface area contributed by atoms with Crippen LogP contribution in [0.4, 0.5) is 4.39 Å². The molecule has 2 amide bonds. The van der Waals surface area contributed by atoms with Crippen molar-refractivity contribution < 1.29 is 14.0 Å². The van der Waals surface area contributed by atoms with Crippen LogP contribution in [-0.4, -0.2) is 28.3 Å². The van der Waals surface area contributed by atoms with Crippen LogP contribution < -0.4 is 5.32 Å². The van der Waals surface area contributed by atoms with Crippen molar-refractivity contribution in [1.29, 1.82) is 0 Å². The van der Waals surface area contributed by atoms with Crippen LogP contribution in [0.1, 0.15) is 32.8 Å². The lowest BCUT2D eigenvalue weighted by Crippen LogP contribution is -2.53. The Morgan fingerprint density at radius 3 is 2.76 bits per heavy atom. The van der Waals surface area contributed by atoms with E-state index in [1.807, 2.05) is 0 Å². The number of carbonyl (C=O) groups is 2. The summed E-state index contributed by atoms with van der Waals surface area (Å²) >= 11 is 5.95. The number of hydrogen-bond acceptors (Lipinski definition) is 2. The zero-order valence-electron chi connectivity index (χ0n) is 12.2. The summed E-state index contributed by atoms with van der Waals surface area (Å²) in [6.45, 7) is 5.29. The summed E-state index contributed by atoms with van der Waals surface area (Å²) in [4.78, 5) is 26.0. The van der Waals surface area contributed by atoms with Gasteiger partial charge in [0.2, 0.25) is 11.8 Å². The number of amides is 2. The first kappa shape index (κ1) is 15.8. The van der Waals surface area contributed by atoms with E-state index in [2.05, 4.69) is 5.32 Å². The molecule has 21 heavy (non-hydrogen) atoms.